The Morgan fingerprint density at radius 3 is 2.94 bits per heavy atom. The van der Waals surface area contributed by atoms with Crippen molar-refractivity contribution in [1.82, 2.24) is 10.2 Å². The average Bonchev–Trinajstić information content (AvgIpc) is 2.75. The molecule has 1 heterocycles. The molecule has 0 aliphatic heterocycles. The minimum Gasteiger partial charge on any atom is -0.409 e. The van der Waals surface area contributed by atoms with Crippen LogP contribution in [0.3, 0.4) is 0 Å². The van der Waals surface area contributed by atoms with Gasteiger partial charge in [0.25, 0.3) is 0 Å². The number of hydrogen-bond acceptors (Lipinski definition) is 4. The Balaban J connectivity index is 2.15. The third-order valence-corrected chi connectivity index (χ3v) is 3.18. The molecule has 7 nitrogen and oxygen atoms in total. The first-order valence-corrected chi connectivity index (χ1v) is 5.37. The van der Waals surface area contributed by atoms with E-state index >= 15 is 0 Å². The molecule has 1 fully saturated rings. The van der Waals surface area contributed by atoms with Crippen molar-refractivity contribution < 1.29 is 10.0 Å². The summed E-state index contributed by atoms with van der Waals surface area (Å²) in [4.78, 5) is 12.1. The molecular formula is C10H15N5O2. The van der Waals surface area contributed by atoms with Crippen LogP contribution in [0.15, 0.2) is 17.5 Å². The van der Waals surface area contributed by atoms with E-state index in [2.05, 4.69) is 20.7 Å². The molecule has 2 rings (SSSR count). The number of aromatic amines is 1. The van der Waals surface area contributed by atoms with Crippen LogP contribution in [0.25, 0.3) is 0 Å². The van der Waals surface area contributed by atoms with Gasteiger partial charge in [-0.05, 0) is 18.8 Å². The van der Waals surface area contributed by atoms with Crippen molar-refractivity contribution >= 4 is 17.4 Å². The van der Waals surface area contributed by atoms with Gasteiger partial charge < -0.3 is 16.3 Å². The summed E-state index contributed by atoms with van der Waals surface area (Å²) in [5.74, 6) is 0.106. The number of nitrogens with zero attached hydrogens (tertiary/aromatic N) is 2. The molecule has 1 amide bonds. The zero-order valence-electron chi connectivity index (χ0n) is 9.47. The molecule has 0 spiro atoms. The maximum Gasteiger partial charge on any atom is 0.238 e. The maximum atomic E-state index is 12.1. The molecule has 1 aromatic heterocycles. The van der Waals surface area contributed by atoms with E-state index in [4.69, 9.17) is 10.9 Å². The Bertz CT molecular complexity index is 434. The van der Waals surface area contributed by atoms with E-state index in [1.165, 1.54) is 6.20 Å². The van der Waals surface area contributed by atoms with Gasteiger partial charge in [-0.15, -0.1) is 0 Å². The van der Waals surface area contributed by atoms with Gasteiger partial charge in [-0.1, -0.05) is 12.1 Å². The molecule has 5 N–H and O–H groups in total. The highest BCUT2D eigenvalue weighted by molar-refractivity contribution is 6.12. The van der Waals surface area contributed by atoms with Crippen LogP contribution in [0, 0.1) is 11.3 Å². The van der Waals surface area contributed by atoms with Gasteiger partial charge in [0.1, 0.15) is 5.41 Å². The predicted molar refractivity (Wildman–Crippen MR) is 61.5 cm³/mol. The van der Waals surface area contributed by atoms with Gasteiger partial charge in [-0.2, -0.15) is 5.10 Å². The van der Waals surface area contributed by atoms with Crippen LogP contribution in [0.1, 0.15) is 19.8 Å². The number of carbonyl (C=O) groups is 1. The molecule has 1 aliphatic carbocycles. The van der Waals surface area contributed by atoms with E-state index in [-0.39, 0.29) is 11.7 Å². The number of nitrogens with two attached hydrogens (primary N) is 1. The normalized spacial score (nSPS) is 28.5. The van der Waals surface area contributed by atoms with Gasteiger partial charge in [0, 0.05) is 6.20 Å². The van der Waals surface area contributed by atoms with Crippen molar-refractivity contribution in [2.75, 3.05) is 5.32 Å². The highest BCUT2D eigenvalue weighted by Gasteiger charge is 2.52. The summed E-state index contributed by atoms with van der Waals surface area (Å²) < 4.78 is 0. The van der Waals surface area contributed by atoms with E-state index in [1.807, 2.05) is 6.92 Å². The van der Waals surface area contributed by atoms with Gasteiger partial charge in [-0.3, -0.25) is 9.89 Å². The third kappa shape index (κ3) is 1.83. The largest absolute Gasteiger partial charge is 0.409 e. The fourth-order valence-corrected chi connectivity index (χ4v) is 2.31. The van der Waals surface area contributed by atoms with Crippen molar-refractivity contribution in [3.05, 3.63) is 12.4 Å². The molecule has 1 aromatic rings. The standard InChI is InChI=1S/C10H15N5O2/c1-6-2-10(3-6,8(11)15-17)9(16)14-7-4-12-13-5-7/h4-6,17H,2-3H2,1H3,(H2,11,15)(H,12,13)(H,14,16). The van der Waals surface area contributed by atoms with Gasteiger partial charge >= 0.3 is 0 Å². The number of amidine groups is 1. The van der Waals surface area contributed by atoms with Crippen LogP contribution in [0.4, 0.5) is 5.69 Å². The van der Waals surface area contributed by atoms with Crippen molar-refractivity contribution in [2.45, 2.75) is 19.8 Å². The van der Waals surface area contributed by atoms with E-state index in [9.17, 15) is 4.79 Å². The van der Waals surface area contributed by atoms with Crippen LogP contribution in [0.2, 0.25) is 0 Å². The number of anilines is 1. The van der Waals surface area contributed by atoms with E-state index in [0.29, 0.717) is 24.4 Å². The van der Waals surface area contributed by atoms with E-state index in [0.717, 1.165) is 0 Å². The Kier molecular flexibility index (Phi) is 2.74. The Morgan fingerprint density at radius 2 is 2.47 bits per heavy atom. The fourth-order valence-electron chi connectivity index (χ4n) is 2.31. The van der Waals surface area contributed by atoms with Crippen LogP contribution in [0.5, 0.6) is 0 Å². The zero-order chi connectivity index (χ0) is 12.5. The molecule has 0 atom stereocenters. The molecular weight excluding hydrogens is 222 g/mol. The van der Waals surface area contributed by atoms with E-state index in [1.54, 1.807) is 6.20 Å². The summed E-state index contributed by atoms with van der Waals surface area (Å²) in [5, 5.41) is 20.8. The molecule has 7 heteroatoms. The molecule has 0 aromatic carbocycles. The van der Waals surface area contributed by atoms with Crippen molar-refractivity contribution in [2.24, 2.45) is 22.2 Å². The lowest BCUT2D eigenvalue weighted by Gasteiger charge is -2.43. The van der Waals surface area contributed by atoms with Crippen molar-refractivity contribution in [1.29, 1.82) is 0 Å². The highest BCUT2D eigenvalue weighted by atomic mass is 16.4. The van der Waals surface area contributed by atoms with Crippen molar-refractivity contribution in [3.8, 4) is 0 Å². The number of nitrogens with one attached hydrogen (secondary N) is 2. The lowest BCUT2D eigenvalue weighted by atomic mass is 9.61. The molecule has 0 bridgehead atoms. The Hall–Kier alpha value is -2.05. The monoisotopic (exact) mass is 237 g/mol. The molecule has 1 saturated carbocycles. The van der Waals surface area contributed by atoms with Crippen molar-refractivity contribution in [3.63, 3.8) is 0 Å². The number of hydrogen-bond donors (Lipinski definition) is 4. The number of oxime groups is 1. The Labute approximate surface area is 98.1 Å². The number of aromatic nitrogens is 2. The summed E-state index contributed by atoms with van der Waals surface area (Å²) in [5.41, 5.74) is 5.31. The smallest absolute Gasteiger partial charge is 0.238 e. The molecule has 0 saturated heterocycles. The number of rotatable bonds is 3. The first-order valence-electron chi connectivity index (χ1n) is 5.37. The summed E-state index contributed by atoms with van der Waals surface area (Å²) in [6.07, 6.45) is 4.25. The van der Waals surface area contributed by atoms with Gasteiger partial charge in [0.05, 0.1) is 11.9 Å². The first kappa shape index (κ1) is 11.4. The lowest BCUT2D eigenvalue weighted by Crippen LogP contribution is -2.54. The summed E-state index contributed by atoms with van der Waals surface area (Å²) in [6, 6.07) is 0. The Morgan fingerprint density at radius 1 is 1.76 bits per heavy atom. The minimum atomic E-state index is -0.883. The van der Waals surface area contributed by atoms with Crippen LogP contribution < -0.4 is 11.1 Å². The van der Waals surface area contributed by atoms with Crippen LogP contribution >= 0.6 is 0 Å². The van der Waals surface area contributed by atoms with Gasteiger partial charge in [-0.25, -0.2) is 0 Å². The molecule has 0 unspecified atom stereocenters. The summed E-state index contributed by atoms with van der Waals surface area (Å²) >= 11 is 0. The predicted octanol–water partition coefficient (Wildman–Crippen LogP) is 0.511. The first-order chi connectivity index (χ1) is 8.08. The second-order valence-electron chi connectivity index (χ2n) is 4.52. The highest BCUT2D eigenvalue weighted by Crippen LogP contribution is 2.46. The second-order valence-corrected chi connectivity index (χ2v) is 4.52. The van der Waals surface area contributed by atoms with E-state index < -0.39 is 5.41 Å². The number of H-pyrrole nitrogens is 1. The average molecular weight is 237 g/mol. The van der Waals surface area contributed by atoms with Crippen LogP contribution in [-0.4, -0.2) is 27.1 Å². The SMILES string of the molecule is CC1CC(C(=O)Nc2cn[nH]c2)(C(N)=NO)C1. The maximum absolute atomic E-state index is 12.1. The second kappa shape index (κ2) is 4.08. The van der Waals surface area contributed by atoms with Gasteiger partial charge in [0.15, 0.2) is 5.84 Å². The number of amides is 1. The van der Waals surface area contributed by atoms with Gasteiger partial charge in [0.2, 0.25) is 5.91 Å². The zero-order valence-corrected chi connectivity index (χ0v) is 9.47. The molecule has 0 radical (unpaired) electrons. The third-order valence-electron chi connectivity index (χ3n) is 3.18. The topological polar surface area (TPSA) is 116 Å². The van der Waals surface area contributed by atoms with Crippen LogP contribution in [-0.2, 0) is 4.79 Å². The molecule has 17 heavy (non-hydrogen) atoms. The number of carbonyl (C=O) groups excluding carboxylic acids is 1. The summed E-state index contributed by atoms with van der Waals surface area (Å²) in [6.45, 7) is 2.02. The molecule has 1 aliphatic rings. The minimum absolute atomic E-state index is 0.0309. The molecule has 92 valence electrons. The summed E-state index contributed by atoms with van der Waals surface area (Å²) in [7, 11) is 0. The quantitative estimate of drug-likeness (QED) is 0.265. The lowest BCUT2D eigenvalue weighted by molar-refractivity contribution is -0.127. The fraction of sp³-hybridized carbons (Fsp3) is 0.500.